The highest BCUT2D eigenvalue weighted by Gasteiger charge is 2.15. The Morgan fingerprint density at radius 3 is 2.44 bits per heavy atom. The summed E-state index contributed by atoms with van der Waals surface area (Å²) in [4.78, 5) is 0. The van der Waals surface area contributed by atoms with Crippen LogP contribution in [-0.2, 0) is 6.42 Å². The molecule has 0 spiro atoms. The van der Waals surface area contributed by atoms with Crippen LogP contribution in [0.1, 0.15) is 33.3 Å². The molecule has 102 valence electrons. The van der Waals surface area contributed by atoms with Crippen LogP contribution in [0.4, 0.5) is 0 Å². The van der Waals surface area contributed by atoms with E-state index < -0.39 is 0 Å². The SMILES string of the molecule is COc1ccc(Br)cc1CC(C)C(C)NC(C)C. The Hall–Kier alpha value is -0.540. The van der Waals surface area contributed by atoms with E-state index >= 15 is 0 Å². The maximum atomic E-state index is 5.42. The van der Waals surface area contributed by atoms with E-state index in [4.69, 9.17) is 4.74 Å². The third kappa shape index (κ3) is 4.62. The Kier molecular flexibility index (Phi) is 6.16. The van der Waals surface area contributed by atoms with Gasteiger partial charge >= 0.3 is 0 Å². The predicted molar refractivity (Wildman–Crippen MR) is 81.3 cm³/mol. The maximum absolute atomic E-state index is 5.42. The number of hydrogen-bond acceptors (Lipinski definition) is 2. The minimum atomic E-state index is 0.494. The summed E-state index contributed by atoms with van der Waals surface area (Å²) in [5.74, 6) is 1.54. The lowest BCUT2D eigenvalue weighted by Crippen LogP contribution is -2.37. The molecule has 0 bridgehead atoms. The molecule has 0 saturated carbocycles. The van der Waals surface area contributed by atoms with Gasteiger partial charge in [0.1, 0.15) is 5.75 Å². The Morgan fingerprint density at radius 2 is 1.89 bits per heavy atom. The van der Waals surface area contributed by atoms with Crippen LogP contribution in [0.5, 0.6) is 5.75 Å². The normalized spacial score (nSPS) is 14.6. The summed E-state index contributed by atoms with van der Waals surface area (Å²) in [6, 6.07) is 7.20. The van der Waals surface area contributed by atoms with Gasteiger partial charge in [0.25, 0.3) is 0 Å². The molecular formula is C15H24BrNO. The first kappa shape index (κ1) is 15.5. The van der Waals surface area contributed by atoms with E-state index in [9.17, 15) is 0 Å². The number of nitrogens with one attached hydrogen (secondary N) is 1. The topological polar surface area (TPSA) is 21.3 Å². The molecule has 18 heavy (non-hydrogen) atoms. The monoisotopic (exact) mass is 313 g/mol. The molecule has 2 atom stereocenters. The van der Waals surface area contributed by atoms with E-state index in [2.05, 4.69) is 55.0 Å². The van der Waals surface area contributed by atoms with Crippen LogP contribution >= 0.6 is 15.9 Å². The fraction of sp³-hybridized carbons (Fsp3) is 0.600. The molecule has 0 radical (unpaired) electrons. The number of hydrogen-bond donors (Lipinski definition) is 1. The molecule has 3 heteroatoms. The molecule has 0 aromatic heterocycles. The van der Waals surface area contributed by atoms with E-state index in [1.54, 1.807) is 7.11 Å². The zero-order chi connectivity index (χ0) is 13.7. The summed E-state index contributed by atoms with van der Waals surface area (Å²) in [5.41, 5.74) is 1.26. The summed E-state index contributed by atoms with van der Waals surface area (Å²) < 4.78 is 6.53. The Balaban J connectivity index is 2.74. The van der Waals surface area contributed by atoms with Gasteiger partial charge in [0, 0.05) is 16.6 Å². The summed E-state index contributed by atoms with van der Waals surface area (Å²) in [7, 11) is 1.73. The van der Waals surface area contributed by atoms with E-state index in [0.29, 0.717) is 18.0 Å². The van der Waals surface area contributed by atoms with E-state index in [1.807, 2.05) is 12.1 Å². The smallest absolute Gasteiger partial charge is 0.122 e. The van der Waals surface area contributed by atoms with Gasteiger partial charge in [-0.05, 0) is 43.0 Å². The molecule has 1 rings (SSSR count). The highest BCUT2D eigenvalue weighted by Crippen LogP contribution is 2.26. The number of rotatable bonds is 6. The molecule has 1 N–H and O–H groups in total. The first-order valence-corrected chi connectivity index (χ1v) is 7.31. The van der Waals surface area contributed by atoms with Gasteiger partial charge in [0.15, 0.2) is 0 Å². The zero-order valence-electron chi connectivity index (χ0n) is 12.0. The van der Waals surface area contributed by atoms with Gasteiger partial charge in [0.2, 0.25) is 0 Å². The fourth-order valence-electron chi connectivity index (χ4n) is 2.12. The van der Waals surface area contributed by atoms with Gasteiger partial charge < -0.3 is 10.1 Å². The molecule has 1 aromatic rings. The van der Waals surface area contributed by atoms with Crippen molar-refractivity contribution in [3.05, 3.63) is 28.2 Å². The summed E-state index contributed by atoms with van der Waals surface area (Å²) in [6.45, 7) is 8.89. The van der Waals surface area contributed by atoms with E-state index in [1.165, 1.54) is 5.56 Å². The minimum Gasteiger partial charge on any atom is -0.496 e. The maximum Gasteiger partial charge on any atom is 0.122 e. The van der Waals surface area contributed by atoms with Crippen molar-refractivity contribution >= 4 is 15.9 Å². The summed E-state index contributed by atoms with van der Waals surface area (Å²) >= 11 is 3.52. The average Bonchev–Trinajstić information content (AvgIpc) is 2.28. The first-order valence-electron chi connectivity index (χ1n) is 6.52. The van der Waals surface area contributed by atoms with Crippen molar-refractivity contribution in [1.29, 1.82) is 0 Å². The second-order valence-corrected chi connectivity index (χ2v) is 6.16. The Bertz CT molecular complexity index is 379. The lowest BCUT2D eigenvalue weighted by Gasteiger charge is -2.24. The van der Waals surface area contributed by atoms with Crippen LogP contribution < -0.4 is 10.1 Å². The number of halogens is 1. The van der Waals surface area contributed by atoms with Crippen LogP contribution in [0.2, 0.25) is 0 Å². The van der Waals surface area contributed by atoms with Crippen molar-refractivity contribution in [2.24, 2.45) is 5.92 Å². The van der Waals surface area contributed by atoms with Crippen LogP contribution in [0.3, 0.4) is 0 Å². The lowest BCUT2D eigenvalue weighted by atomic mass is 9.94. The van der Waals surface area contributed by atoms with Gasteiger partial charge in [-0.25, -0.2) is 0 Å². The third-order valence-electron chi connectivity index (χ3n) is 3.23. The standard InChI is InChI=1S/C15H24BrNO/c1-10(2)17-12(4)11(3)8-13-9-14(16)6-7-15(13)18-5/h6-7,9-12,17H,8H2,1-5H3. The van der Waals surface area contributed by atoms with Gasteiger partial charge in [0.05, 0.1) is 7.11 Å². The van der Waals surface area contributed by atoms with Crippen molar-refractivity contribution in [3.63, 3.8) is 0 Å². The minimum absolute atomic E-state index is 0.494. The third-order valence-corrected chi connectivity index (χ3v) is 3.73. The molecule has 2 nitrogen and oxygen atoms in total. The van der Waals surface area contributed by atoms with Crippen molar-refractivity contribution < 1.29 is 4.74 Å². The van der Waals surface area contributed by atoms with Gasteiger partial charge in [-0.3, -0.25) is 0 Å². The molecule has 0 saturated heterocycles. The van der Waals surface area contributed by atoms with Gasteiger partial charge in [-0.15, -0.1) is 0 Å². The highest BCUT2D eigenvalue weighted by molar-refractivity contribution is 9.10. The number of ether oxygens (including phenoxy) is 1. The second-order valence-electron chi connectivity index (χ2n) is 5.25. The van der Waals surface area contributed by atoms with Crippen molar-refractivity contribution in [2.45, 2.75) is 46.2 Å². The zero-order valence-corrected chi connectivity index (χ0v) is 13.5. The molecule has 0 fully saturated rings. The molecule has 2 unspecified atom stereocenters. The summed E-state index contributed by atoms with van der Waals surface area (Å²) in [5, 5.41) is 3.56. The largest absolute Gasteiger partial charge is 0.496 e. The molecule has 0 heterocycles. The van der Waals surface area contributed by atoms with E-state index in [-0.39, 0.29) is 0 Å². The van der Waals surface area contributed by atoms with Crippen molar-refractivity contribution in [2.75, 3.05) is 7.11 Å². The molecule has 1 aromatic carbocycles. The molecule has 0 aliphatic carbocycles. The highest BCUT2D eigenvalue weighted by atomic mass is 79.9. The number of benzene rings is 1. The van der Waals surface area contributed by atoms with Crippen LogP contribution in [0.15, 0.2) is 22.7 Å². The summed E-state index contributed by atoms with van der Waals surface area (Å²) in [6.07, 6.45) is 1.02. The van der Waals surface area contributed by atoms with Crippen molar-refractivity contribution in [3.8, 4) is 5.75 Å². The van der Waals surface area contributed by atoms with E-state index in [0.717, 1.165) is 16.6 Å². The van der Waals surface area contributed by atoms with Gasteiger partial charge in [-0.1, -0.05) is 36.7 Å². The van der Waals surface area contributed by atoms with Crippen molar-refractivity contribution in [1.82, 2.24) is 5.32 Å². The predicted octanol–water partition coefficient (Wildman–Crippen LogP) is 4.02. The molecule has 0 aliphatic heterocycles. The molecule has 0 aliphatic rings. The average molecular weight is 314 g/mol. The second kappa shape index (κ2) is 7.15. The lowest BCUT2D eigenvalue weighted by molar-refractivity contribution is 0.362. The number of methoxy groups -OCH3 is 1. The van der Waals surface area contributed by atoms with Gasteiger partial charge in [-0.2, -0.15) is 0 Å². The Labute approximate surface area is 119 Å². The molecule has 0 amide bonds. The van der Waals surface area contributed by atoms with Crippen LogP contribution in [0, 0.1) is 5.92 Å². The quantitative estimate of drug-likeness (QED) is 0.856. The Morgan fingerprint density at radius 1 is 1.22 bits per heavy atom. The fourth-order valence-corrected chi connectivity index (χ4v) is 2.53. The van der Waals surface area contributed by atoms with Crippen LogP contribution in [0.25, 0.3) is 0 Å². The van der Waals surface area contributed by atoms with Crippen LogP contribution in [-0.4, -0.2) is 19.2 Å². The first-order chi connectivity index (χ1) is 8.43. The molecular weight excluding hydrogens is 290 g/mol.